The third-order valence-electron chi connectivity index (χ3n) is 6.33. The minimum atomic E-state index is -0.385. The Hall–Kier alpha value is -3.64. The number of para-hydroxylation sites is 1. The normalized spacial score (nSPS) is 14.4. The van der Waals surface area contributed by atoms with E-state index in [9.17, 15) is 4.79 Å². The fraction of sp³-hybridized carbons (Fsp3) is 0.259. The highest BCUT2D eigenvalue weighted by atomic mass is 16.5. The van der Waals surface area contributed by atoms with Gasteiger partial charge in [0.25, 0.3) is 5.91 Å². The average Bonchev–Trinajstić information content (AvgIpc) is 3.24. The van der Waals surface area contributed by atoms with E-state index in [1.165, 1.54) is 0 Å². The van der Waals surface area contributed by atoms with Gasteiger partial charge in [-0.3, -0.25) is 9.48 Å². The summed E-state index contributed by atoms with van der Waals surface area (Å²) in [6, 6.07) is 26.0. The summed E-state index contributed by atoms with van der Waals surface area (Å²) in [4.78, 5) is 15.4. The molecule has 1 fully saturated rings. The van der Waals surface area contributed by atoms with Gasteiger partial charge >= 0.3 is 0 Å². The van der Waals surface area contributed by atoms with Crippen LogP contribution < -0.4 is 10.2 Å². The number of fused-ring (bicyclic) bond motifs is 1. The van der Waals surface area contributed by atoms with Crippen LogP contribution in [0.2, 0.25) is 0 Å². The molecule has 3 aromatic carbocycles. The van der Waals surface area contributed by atoms with E-state index in [4.69, 9.17) is 9.84 Å². The van der Waals surface area contributed by atoms with Gasteiger partial charge < -0.3 is 15.0 Å². The topological polar surface area (TPSA) is 59.4 Å². The molecule has 6 heteroatoms. The number of nitrogens with one attached hydrogen (secondary N) is 1. The predicted molar refractivity (Wildman–Crippen MR) is 132 cm³/mol. The van der Waals surface area contributed by atoms with Crippen LogP contribution >= 0.6 is 0 Å². The summed E-state index contributed by atoms with van der Waals surface area (Å²) in [5.41, 5.74) is 3.45. The van der Waals surface area contributed by atoms with E-state index >= 15 is 0 Å². The zero-order chi connectivity index (χ0) is 22.8. The Kier molecular flexibility index (Phi) is 5.60. The molecule has 1 aromatic heterocycles. The van der Waals surface area contributed by atoms with E-state index in [-0.39, 0.29) is 11.4 Å². The van der Waals surface area contributed by atoms with E-state index in [0.29, 0.717) is 11.4 Å². The highest BCUT2D eigenvalue weighted by Crippen LogP contribution is 2.32. The van der Waals surface area contributed by atoms with Gasteiger partial charge in [-0.05, 0) is 55.8 Å². The summed E-state index contributed by atoms with van der Waals surface area (Å²) in [5, 5.41) is 8.81. The molecule has 0 unspecified atom stereocenters. The van der Waals surface area contributed by atoms with Crippen molar-refractivity contribution in [2.45, 2.75) is 19.4 Å². The second-order valence-corrected chi connectivity index (χ2v) is 8.80. The predicted octanol–water partition coefficient (Wildman–Crippen LogP) is 4.91. The molecular formula is C27H28N4O2. The van der Waals surface area contributed by atoms with Crippen LogP contribution in [0.25, 0.3) is 10.9 Å². The Bertz CT molecular complexity index is 1260. The van der Waals surface area contributed by atoms with Gasteiger partial charge in [-0.15, -0.1) is 0 Å². The first-order chi connectivity index (χ1) is 16.0. The van der Waals surface area contributed by atoms with Gasteiger partial charge in [0.1, 0.15) is 0 Å². The zero-order valence-electron chi connectivity index (χ0n) is 19.0. The molecule has 0 spiro atoms. The lowest BCUT2D eigenvalue weighted by Crippen LogP contribution is -2.36. The van der Waals surface area contributed by atoms with Crippen molar-refractivity contribution in [2.24, 2.45) is 0 Å². The zero-order valence-corrected chi connectivity index (χ0v) is 19.0. The lowest BCUT2D eigenvalue weighted by atomic mass is 9.94. The second kappa shape index (κ2) is 8.71. The van der Waals surface area contributed by atoms with Crippen LogP contribution in [0.4, 0.5) is 11.5 Å². The van der Waals surface area contributed by atoms with Gasteiger partial charge in [-0.1, -0.05) is 42.5 Å². The quantitative estimate of drug-likeness (QED) is 0.479. The summed E-state index contributed by atoms with van der Waals surface area (Å²) in [6.07, 6.45) is 0. The molecular weight excluding hydrogens is 412 g/mol. The minimum absolute atomic E-state index is 0.170. The maximum absolute atomic E-state index is 13.1. The van der Waals surface area contributed by atoms with E-state index in [1.54, 1.807) is 0 Å². The number of hydrogen-bond donors (Lipinski definition) is 1. The minimum Gasteiger partial charge on any atom is -0.378 e. The van der Waals surface area contributed by atoms with Crippen molar-refractivity contribution in [3.05, 3.63) is 90.0 Å². The van der Waals surface area contributed by atoms with Crippen molar-refractivity contribution in [3.8, 4) is 0 Å². The second-order valence-electron chi connectivity index (χ2n) is 8.80. The van der Waals surface area contributed by atoms with Crippen LogP contribution in [0.1, 0.15) is 29.8 Å². The van der Waals surface area contributed by atoms with E-state index in [2.05, 4.69) is 36.2 Å². The molecule has 0 radical (unpaired) electrons. The smallest absolute Gasteiger partial charge is 0.256 e. The molecule has 1 saturated heterocycles. The third-order valence-corrected chi connectivity index (χ3v) is 6.33. The molecule has 0 saturated carbocycles. The fourth-order valence-electron chi connectivity index (χ4n) is 4.38. The van der Waals surface area contributed by atoms with Crippen LogP contribution in [0.15, 0.2) is 78.9 Å². The number of rotatable bonds is 5. The van der Waals surface area contributed by atoms with Crippen molar-refractivity contribution in [3.63, 3.8) is 0 Å². The average molecular weight is 441 g/mol. The van der Waals surface area contributed by atoms with E-state index in [0.717, 1.165) is 48.5 Å². The number of aromatic nitrogens is 2. The van der Waals surface area contributed by atoms with Crippen LogP contribution in [0.5, 0.6) is 0 Å². The van der Waals surface area contributed by atoms with E-state index < -0.39 is 0 Å². The lowest BCUT2D eigenvalue weighted by molar-refractivity contribution is 0.102. The molecule has 6 nitrogen and oxygen atoms in total. The summed E-state index contributed by atoms with van der Waals surface area (Å²) < 4.78 is 7.42. The van der Waals surface area contributed by atoms with Gasteiger partial charge in [0.15, 0.2) is 5.82 Å². The van der Waals surface area contributed by atoms with Crippen molar-refractivity contribution in [1.29, 1.82) is 0 Å². The fourth-order valence-corrected chi connectivity index (χ4v) is 4.38. The number of amides is 1. The van der Waals surface area contributed by atoms with Crippen LogP contribution in [0, 0.1) is 0 Å². The number of morpholine rings is 1. The molecule has 0 aliphatic carbocycles. The highest BCUT2D eigenvalue weighted by molar-refractivity contribution is 6.08. The Morgan fingerprint density at radius 1 is 0.909 bits per heavy atom. The van der Waals surface area contributed by atoms with Crippen LogP contribution in [-0.2, 0) is 10.3 Å². The molecule has 0 atom stereocenters. The van der Waals surface area contributed by atoms with Crippen molar-refractivity contribution < 1.29 is 9.53 Å². The van der Waals surface area contributed by atoms with Crippen molar-refractivity contribution >= 4 is 28.3 Å². The summed E-state index contributed by atoms with van der Waals surface area (Å²) in [6.45, 7) is 7.47. The molecule has 1 aliphatic rings. The molecule has 33 heavy (non-hydrogen) atoms. The highest BCUT2D eigenvalue weighted by Gasteiger charge is 2.27. The molecule has 1 aliphatic heterocycles. The van der Waals surface area contributed by atoms with Gasteiger partial charge in [0, 0.05) is 29.7 Å². The number of hydrogen-bond acceptors (Lipinski definition) is 4. The standard InChI is InChI=1S/C27H28N4O2/c1-27(2,21-8-4-3-5-9-21)31-24-11-7-6-10-23(24)25(29-31)28-26(32)20-12-14-22(15-13-20)30-16-18-33-19-17-30/h3-15H,16-19H2,1-2H3,(H,28,29,32). The van der Waals surface area contributed by atoms with Crippen molar-refractivity contribution in [1.82, 2.24) is 9.78 Å². The summed E-state index contributed by atoms with van der Waals surface area (Å²) in [5.74, 6) is 0.397. The van der Waals surface area contributed by atoms with Crippen LogP contribution in [0.3, 0.4) is 0 Å². The Labute approximate surface area is 193 Å². The Morgan fingerprint density at radius 3 is 2.30 bits per heavy atom. The summed E-state index contributed by atoms with van der Waals surface area (Å²) >= 11 is 0. The molecule has 5 rings (SSSR count). The maximum Gasteiger partial charge on any atom is 0.256 e. The molecule has 168 valence electrons. The summed E-state index contributed by atoms with van der Waals surface area (Å²) in [7, 11) is 0. The number of carbonyl (C=O) groups excluding carboxylic acids is 1. The Morgan fingerprint density at radius 2 is 1.58 bits per heavy atom. The number of benzene rings is 3. The molecule has 2 heterocycles. The first-order valence-electron chi connectivity index (χ1n) is 11.3. The number of carbonyl (C=O) groups is 1. The molecule has 4 aromatic rings. The number of ether oxygens (including phenoxy) is 1. The van der Waals surface area contributed by atoms with Gasteiger partial charge in [0.2, 0.25) is 0 Å². The van der Waals surface area contributed by atoms with Crippen molar-refractivity contribution in [2.75, 3.05) is 36.5 Å². The molecule has 1 amide bonds. The first kappa shape index (κ1) is 21.2. The Balaban J connectivity index is 1.43. The maximum atomic E-state index is 13.1. The van der Waals surface area contributed by atoms with E-state index in [1.807, 2.05) is 71.4 Å². The third kappa shape index (κ3) is 4.10. The van der Waals surface area contributed by atoms with Gasteiger partial charge in [-0.25, -0.2) is 0 Å². The SMILES string of the molecule is CC(C)(c1ccccc1)n1nc(NC(=O)c2ccc(N3CCOCC3)cc2)c2ccccc21. The number of anilines is 2. The first-order valence-corrected chi connectivity index (χ1v) is 11.3. The number of nitrogens with zero attached hydrogens (tertiary/aromatic N) is 3. The molecule has 0 bridgehead atoms. The van der Waals surface area contributed by atoms with Gasteiger partial charge in [-0.2, -0.15) is 5.10 Å². The lowest BCUT2D eigenvalue weighted by Gasteiger charge is -2.28. The van der Waals surface area contributed by atoms with Crippen LogP contribution in [-0.4, -0.2) is 42.0 Å². The monoisotopic (exact) mass is 440 g/mol. The largest absolute Gasteiger partial charge is 0.378 e. The van der Waals surface area contributed by atoms with Gasteiger partial charge in [0.05, 0.1) is 24.3 Å². The molecule has 1 N–H and O–H groups in total.